The van der Waals surface area contributed by atoms with Crippen LogP contribution in [0, 0.1) is 13.8 Å². The lowest BCUT2D eigenvalue weighted by atomic mass is 10.0. The Morgan fingerprint density at radius 1 is 1.19 bits per heavy atom. The van der Waals surface area contributed by atoms with Crippen molar-refractivity contribution in [3.8, 4) is 5.69 Å². The predicted octanol–water partition coefficient (Wildman–Crippen LogP) is 3.34. The minimum Gasteiger partial charge on any atom is -0.389 e. The van der Waals surface area contributed by atoms with Crippen LogP contribution in [0.15, 0.2) is 36.4 Å². The molecule has 0 fully saturated rings. The zero-order chi connectivity index (χ0) is 15.5. The van der Waals surface area contributed by atoms with Crippen molar-refractivity contribution in [3.05, 3.63) is 53.3 Å². The second kappa shape index (κ2) is 6.46. The number of nitrogens with one attached hydrogen (secondary N) is 1. The lowest BCUT2D eigenvalue weighted by Crippen LogP contribution is -2.36. The van der Waals surface area contributed by atoms with Gasteiger partial charge in [-0.1, -0.05) is 25.1 Å². The maximum absolute atomic E-state index is 10.0. The molecule has 2 aromatic rings. The molecule has 1 unspecified atom stereocenters. The topological polar surface area (TPSA) is 37.2 Å². The first kappa shape index (κ1) is 15.8. The first-order valence-electron chi connectivity index (χ1n) is 7.61. The van der Waals surface area contributed by atoms with E-state index in [1.165, 1.54) is 22.6 Å². The third-order valence-corrected chi connectivity index (χ3v) is 4.13. The van der Waals surface area contributed by atoms with Crippen LogP contribution >= 0.6 is 0 Å². The fourth-order valence-electron chi connectivity index (χ4n) is 2.57. The van der Waals surface area contributed by atoms with Crippen LogP contribution in [0.3, 0.4) is 0 Å². The second-order valence-electron chi connectivity index (χ2n) is 6.02. The molecular formula is C18H26N2O. The first-order chi connectivity index (χ1) is 9.94. The number of benzene rings is 1. The van der Waals surface area contributed by atoms with E-state index < -0.39 is 5.60 Å². The molecule has 0 amide bonds. The Morgan fingerprint density at radius 3 is 2.48 bits per heavy atom. The zero-order valence-electron chi connectivity index (χ0n) is 13.5. The molecule has 1 heterocycles. The van der Waals surface area contributed by atoms with Gasteiger partial charge in [0.05, 0.1) is 5.60 Å². The van der Waals surface area contributed by atoms with Crippen LogP contribution in [0.1, 0.15) is 37.2 Å². The summed E-state index contributed by atoms with van der Waals surface area (Å²) >= 11 is 0. The number of para-hydroxylation sites is 1. The van der Waals surface area contributed by atoms with Crippen molar-refractivity contribution in [3.63, 3.8) is 0 Å². The molecule has 2 rings (SSSR count). The summed E-state index contributed by atoms with van der Waals surface area (Å²) in [7, 11) is 0. The van der Waals surface area contributed by atoms with Crippen molar-refractivity contribution in [1.82, 2.24) is 9.88 Å². The molecule has 21 heavy (non-hydrogen) atoms. The van der Waals surface area contributed by atoms with Crippen LogP contribution in [0.2, 0.25) is 0 Å². The summed E-state index contributed by atoms with van der Waals surface area (Å²) in [6.07, 6.45) is 0.753. The van der Waals surface area contributed by atoms with Crippen molar-refractivity contribution >= 4 is 0 Å². The number of hydrogen-bond donors (Lipinski definition) is 2. The van der Waals surface area contributed by atoms with Gasteiger partial charge in [0.1, 0.15) is 0 Å². The van der Waals surface area contributed by atoms with Gasteiger partial charge >= 0.3 is 0 Å². The predicted molar refractivity (Wildman–Crippen MR) is 87.9 cm³/mol. The van der Waals surface area contributed by atoms with Gasteiger partial charge in [-0.15, -0.1) is 0 Å². The van der Waals surface area contributed by atoms with Gasteiger partial charge in [-0.05, 0) is 51.0 Å². The molecule has 0 saturated carbocycles. The smallest absolute Gasteiger partial charge is 0.0741 e. The fourth-order valence-corrected chi connectivity index (χ4v) is 2.57. The Hall–Kier alpha value is -1.58. The van der Waals surface area contributed by atoms with Crippen LogP contribution in [0.25, 0.3) is 5.69 Å². The third kappa shape index (κ3) is 3.74. The van der Waals surface area contributed by atoms with E-state index in [0.717, 1.165) is 13.0 Å². The molecule has 3 heteroatoms. The van der Waals surface area contributed by atoms with Gasteiger partial charge in [-0.25, -0.2) is 0 Å². The largest absolute Gasteiger partial charge is 0.389 e. The monoisotopic (exact) mass is 286 g/mol. The standard InChI is InChI=1S/C18H26N2O/c1-5-18(4,21)13-19-12-16-11-14(2)20(15(16)3)17-9-7-6-8-10-17/h6-11,19,21H,5,12-13H2,1-4H3. The molecule has 0 saturated heterocycles. The molecular weight excluding hydrogens is 260 g/mol. The van der Waals surface area contributed by atoms with Gasteiger partial charge in [0.2, 0.25) is 0 Å². The fraction of sp³-hybridized carbons (Fsp3) is 0.444. The van der Waals surface area contributed by atoms with Gasteiger partial charge in [0.15, 0.2) is 0 Å². The maximum Gasteiger partial charge on any atom is 0.0741 e. The first-order valence-corrected chi connectivity index (χ1v) is 7.61. The van der Waals surface area contributed by atoms with E-state index in [-0.39, 0.29) is 0 Å². The van der Waals surface area contributed by atoms with E-state index in [9.17, 15) is 5.11 Å². The molecule has 1 aromatic heterocycles. The van der Waals surface area contributed by atoms with Crippen molar-refractivity contribution in [2.75, 3.05) is 6.54 Å². The SMILES string of the molecule is CCC(C)(O)CNCc1cc(C)n(-c2ccccc2)c1C. The van der Waals surface area contributed by atoms with E-state index in [1.807, 2.05) is 19.9 Å². The molecule has 2 N–H and O–H groups in total. The van der Waals surface area contributed by atoms with Gasteiger partial charge < -0.3 is 15.0 Å². The Morgan fingerprint density at radius 2 is 1.86 bits per heavy atom. The number of aromatic nitrogens is 1. The summed E-state index contributed by atoms with van der Waals surface area (Å²) in [4.78, 5) is 0. The summed E-state index contributed by atoms with van der Waals surface area (Å²) in [5, 5.41) is 13.4. The molecule has 0 aliphatic rings. The summed E-state index contributed by atoms with van der Waals surface area (Å²) in [5.41, 5.74) is 4.33. The van der Waals surface area contributed by atoms with Crippen LogP contribution in [0.4, 0.5) is 0 Å². The normalized spacial score (nSPS) is 14.1. The minimum atomic E-state index is -0.634. The van der Waals surface area contributed by atoms with Crippen LogP contribution in [-0.2, 0) is 6.54 Å². The van der Waals surface area contributed by atoms with E-state index >= 15 is 0 Å². The minimum absolute atomic E-state index is 0.610. The molecule has 0 bridgehead atoms. The summed E-state index contributed by atoms with van der Waals surface area (Å²) < 4.78 is 2.27. The second-order valence-corrected chi connectivity index (χ2v) is 6.02. The lowest BCUT2D eigenvalue weighted by Gasteiger charge is -2.21. The molecule has 0 aliphatic carbocycles. The Labute approximate surface area is 127 Å². The average molecular weight is 286 g/mol. The van der Waals surface area contributed by atoms with E-state index in [0.29, 0.717) is 6.54 Å². The summed E-state index contributed by atoms with van der Waals surface area (Å²) in [6, 6.07) is 12.6. The highest BCUT2D eigenvalue weighted by atomic mass is 16.3. The molecule has 1 aromatic carbocycles. The lowest BCUT2D eigenvalue weighted by molar-refractivity contribution is 0.0555. The number of nitrogens with zero attached hydrogens (tertiary/aromatic N) is 1. The molecule has 0 radical (unpaired) electrons. The molecule has 3 nitrogen and oxygen atoms in total. The van der Waals surface area contributed by atoms with Gasteiger partial charge in [-0.3, -0.25) is 0 Å². The highest BCUT2D eigenvalue weighted by Gasteiger charge is 2.17. The number of hydrogen-bond acceptors (Lipinski definition) is 2. The van der Waals surface area contributed by atoms with Crippen molar-refractivity contribution in [1.29, 1.82) is 0 Å². The molecule has 1 atom stereocenters. The highest BCUT2D eigenvalue weighted by Crippen LogP contribution is 2.20. The Bertz CT molecular complexity index is 585. The summed E-state index contributed by atoms with van der Waals surface area (Å²) in [6.45, 7) is 9.54. The molecule has 0 spiro atoms. The van der Waals surface area contributed by atoms with E-state index in [2.05, 4.69) is 54.1 Å². The maximum atomic E-state index is 10.0. The number of aliphatic hydroxyl groups is 1. The quantitative estimate of drug-likeness (QED) is 0.854. The molecule has 114 valence electrons. The van der Waals surface area contributed by atoms with Crippen molar-refractivity contribution < 1.29 is 5.11 Å². The van der Waals surface area contributed by atoms with Gasteiger partial charge in [0.25, 0.3) is 0 Å². The number of rotatable bonds is 6. The van der Waals surface area contributed by atoms with E-state index in [1.54, 1.807) is 0 Å². The van der Waals surface area contributed by atoms with E-state index in [4.69, 9.17) is 0 Å². The third-order valence-electron chi connectivity index (χ3n) is 4.13. The van der Waals surface area contributed by atoms with Gasteiger partial charge in [-0.2, -0.15) is 0 Å². The average Bonchev–Trinajstić information content (AvgIpc) is 2.74. The van der Waals surface area contributed by atoms with Crippen LogP contribution < -0.4 is 5.32 Å². The zero-order valence-corrected chi connectivity index (χ0v) is 13.5. The van der Waals surface area contributed by atoms with Crippen LogP contribution in [-0.4, -0.2) is 21.8 Å². The van der Waals surface area contributed by atoms with Crippen molar-refractivity contribution in [2.45, 2.75) is 46.3 Å². The van der Waals surface area contributed by atoms with Crippen molar-refractivity contribution in [2.24, 2.45) is 0 Å². The van der Waals surface area contributed by atoms with Crippen LogP contribution in [0.5, 0.6) is 0 Å². The molecule has 0 aliphatic heterocycles. The summed E-state index contributed by atoms with van der Waals surface area (Å²) in [5.74, 6) is 0. The Kier molecular flexibility index (Phi) is 4.86. The van der Waals surface area contributed by atoms with Gasteiger partial charge in [0, 0.05) is 30.2 Å². The Balaban J connectivity index is 2.13. The number of aryl methyl sites for hydroxylation is 1. The highest BCUT2D eigenvalue weighted by molar-refractivity contribution is 5.40.